The molecule has 0 rings (SSSR count). The summed E-state index contributed by atoms with van der Waals surface area (Å²) in [4.78, 5) is 10.8. The SMILES string of the molecule is C[CH]CC(=O)CC(C)C. The summed E-state index contributed by atoms with van der Waals surface area (Å²) in [5, 5.41) is 0. The lowest BCUT2D eigenvalue weighted by atomic mass is 10.0. The molecule has 0 aliphatic rings. The van der Waals surface area contributed by atoms with Gasteiger partial charge in [0.25, 0.3) is 0 Å². The summed E-state index contributed by atoms with van der Waals surface area (Å²) >= 11 is 0. The quantitative estimate of drug-likeness (QED) is 0.566. The molecule has 0 aromatic heterocycles. The Bertz CT molecular complexity index is 84.6. The van der Waals surface area contributed by atoms with E-state index in [1.165, 1.54) is 0 Å². The number of Topliss-reactive ketones (excluding diaryl/α,β-unsaturated/α-hetero) is 1. The van der Waals surface area contributed by atoms with Crippen molar-refractivity contribution in [1.29, 1.82) is 0 Å². The number of carbonyl (C=O) groups is 1. The van der Waals surface area contributed by atoms with Gasteiger partial charge in [-0.15, -0.1) is 0 Å². The van der Waals surface area contributed by atoms with Crippen LogP contribution in [-0.4, -0.2) is 5.78 Å². The Hall–Kier alpha value is -0.330. The van der Waals surface area contributed by atoms with Crippen molar-refractivity contribution in [2.24, 2.45) is 5.92 Å². The lowest BCUT2D eigenvalue weighted by molar-refractivity contribution is -0.119. The second kappa shape index (κ2) is 4.54. The molecule has 1 heteroatoms. The molecule has 0 aromatic carbocycles. The highest BCUT2D eigenvalue weighted by Crippen LogP contribution is 2.02. The number of carbonyl (C=O) groups excluding carboxylic acids is 1. The maximum Gasteiger partial charge on any atom is 0.133 e. The average Bonchev–Trinajstić information content (AvgIpc) is 1.63. The zero-order chi connectivity index (χ0) is 7.28. The van der Waals surface area contributed by atoms with Crippen LogP contribution in [0.2, 0.25) is 0 Å². The number of hydrogen-bond acceptors (Lipinski definition) is 1. The summed E-state index contributed by atoms with van der Waals surface area (Å²) in [7, 11) is 0. The molecule has 1 radical (unpaired) electrons. The molecule has 0 saturated heterocycles. The van der Waals surface area contributed by atoms with Crippen molar-refractivity contribution >= 4 is 5.78 Å². The van der Waals surface area contributed by atoms with E-state index < -0.39 is 0 Å². The summed E-state index contributed by atoms with van der Waals surface area (Å²) in [6.45, 7) is 6.04. The third-order valence-corrected chi connectivity index (χ3v) is 1.07. The van der Waals surface area contributed by atoms with Crippen LogP contribution in [0.1, 0.15) is 33.6 Å². The molecule has 9 heavy (non-hydrogen) atoms. The van der Waals surface area contributed by atoms with Crippen LogP contribution in [0.25, 0.3) is 0 Å². The lowest BCUT2D eigenvalue weighted by Crippen LogP contribution is -2.01. The van der Waals surface area contributed by atoms with Crippen LogP contribution in [0, 0.1) is 12.3 Å². The van der Waals surface area contributed by atoms with Crippen LogP contribution in [0.4, 0.5) is 0 Å². The zero-order valence-corrected chi connectivity index (χ0v) is 6.48. The number of rotatable bonds is 4. The van der Waals surface area contributed by atoms with Crippen LogP contribution in [0.3, 0.4) is 0 Å². The largest absolute Gasteiger partial charge is 0.300 e. The van der Waals surface area contributed by atoms with Crippen molar-refractivity contribution in [3.63, 3.8) is 0 Å². The minimum Gasteiger partial charge on any atom is -0.300 e. The van der Waals surface area contributed by atoms with Gasteiger partial charge in [0.15, 0.2) is 0 Å². The van der Waals surface area contributed by atoms with Gasteiger partial charge in [-0.25, -0.2) is 0 Å². The van der Waals surface area contributed by atoms with E-state index in [-0.39, 0.29) is 0 Å². The van der Waals surface area contributed by atoms with E-state index in [4.69, 9.17) is 0 Å². The second-order valence-corrected chi connectivity index (χ2v) is 2.75. The van der Waals surface area contributed by atoms with Gasteiger partial charge in [-0.3, -0.25) is 4.79 Å². The fourth-order valence-electron chi connectivity index (χ4n) is 0.766. The molecule has 0 aromatic rings. The van der Waals surface area contributed by atoms with Gasteiger partial charge in [0, 0.05) is 12.8 Å². The normalized spacial score (nSPS) is 10.2. The number of ketones is 1. The molecule has 0 bridgehead atoms. The van der Waals surface area contributed by atoms with Gasteiger partial charge >= 0.3 is 0 Å². The minimum absolute atomic E-state index is 0.354. The first-order valence-corrected chi connectivity index (χ1v) is 3.46. The second-order valence-electron chi connectivity index (χ2n) is 2.75. The fourth-order valence-corrected chi connectivity index (χ4v) is 0.766. The van der Waals surface area contributed by atoms with E-state index in [2.05, 4.69) is 13.8 Å². The van der Waals surface area contributed by atoms with E-state index in [1.54, 1.807) is 0 Å². The molecular formula is C8H15O. The molecule has 0 spiro atoms. The molecule has 0 heterocycles. The van der Waals surface area contributed by atoms with Crippen molar-refractivity contribution in [2.75, 3.05) is 0 Å². The van der Waals surface area contributed by atoms with Crippen molar-refractivity contribution in [3.8, 4) is 0 Å². The number of hydrogen-bond donors (Lipinski definition) is 0. The summed E-state index contributed by atoms with van der Waals surface area (Å²) in [5.74, 6) is 0.866. The summed E-state index contributed by atoms with van der Waals surface area (Å²) in [6, 6.07) is 0. The molecule has 0 unspecified atom stereocenters. The lowest BCUT2D eigenvalue weighted by Gasteiger charge is -2.00. The maximum atomic E-state index is 10.8. The first-order valence-electron chi connectivity index (χ1n) is 3.46. The highest BCUT2D eigenvalue weighted by atomic mass is 16.1. The van der Waals surface area contributed by atoms with E-state index in [9.17, 15) is 4.79 Å². The van der Waals surface area contributed by atoms with Gasteiger partial charge in [0.05, 0.1) is 0 Å². The van der Waals surface area contributed by atoms with Crippen molar-refractivity contribution in [3.05, 3.63) is 6.42 Å². The highest BCUT2D eigenvalue weighted by Gasteiger charge is 2.01. The standard InChI is InChI=1S/C8H15O/c1-4-5-8(9)6-7(2)3/h4,7H,5-6H2,1-3H3. The summed E-state index contributed by atoms with van der Waals surface area (Å²) in [6.07, 6.45) is 3.27. The third-order valence-electron chi connectivity index (χ3n) is 1.07. The van der Waals surface area contributed by atoms with Crippen LogP contribution in [0.5, 0.6) is 0 Å². The van der Waals surface area contributed by atoms with Gasteiger partial charge < -0.3 is 0 Å². The average molecular weight is 127 g/mol. The van der Waals surface area contributed by atoms with E-state index in [0.29, 0.717) is 18.1 Å². The monoisotopic (exact) mass is 127 g/mol. The Labute approximate surface area is 57.5 Å². The Morgan fingerprint density at radius 1 is 1.56 bits per heavy atom. The molecule has 0 amide bonds. The first-order chi connectivity index (χ1) is 4.16. The molecular weight excluding hydrogens is 112 g/mol. The van der Waals surface area contributed by atoms with E-state index in [0.717, 1.165) is 6.42 Å². The Kier molecular flexibility index (Phi) is 4.37. The van der Waals surface area contributed by atoms with Crippen LogP contribution in [0.15, 0.2) is 0 Å². The molecule has 0 fully saturated rings. The highest BCUT2D eigenvalue weighted by molar-refractivity contribution is 5.79. The molecule has 1 nitrogen and oxygen atoms in total. The van der Waals surface area contributed by atoms with Gasteiger partial charge in [0.1, 0.15) is 5.78 Å². The zero-order valence-electron chi connectivity index (χ0n) is 6.48. The van der Waals surface area contributed by atoms with E-state index >= 15 is 0 Å². The van der Waals surface area contributed by atoms with Crippen molar-refractivity contribution < 1.29 is 4.79 Å². The summed E-state index contributed by atoms with van der Waals surface area (Å²) in [5.41, 5.74) is 0. The minimum atomic E-state index is 0.354. The van der Waals surface area contributed by atoms with Gasteiger partial charge in [-0.2, -0.15) is 0 Å². The Balaban J connectivity index is 3.27. The van der Waals surface area contributed by atoms with Crippen molar-refractivity contribution in [1.82, 2.24) is 0 Å². The van der Waals surface area contributed by atoms with Crippen molar-refractivity contribution in [2.45, 2.75) is 33.6 Å². The third kappa shape index (κ3) is 5.54. The predicted octanol–water partition coefficient (Wildman–Crippen LogP) is 2.22. The van der Waals surface area contributed by atoms with Crippen LogP contribution in [-0.2, 0) is 4.79 Å². The van der Waals surface area contributed by atoms with Crippen LogP contribution < -0.4 is 0 Å². The Morgan fingerprint density at radius 3 is 2.44 bits per heavy atom. The predicted molar refractivity (Wildman–Crippen MR) is 39.1 cm³/mol. The fraction of sp³-hybridized carbons (Fsp3) is 0.750. The molecule has 0 saturated carbocycles. The van der Waals surface area contributed by atoms with Crippen LogP contribution >= 0.6 is 0 Å². The smallest absolute Gasteiger partial charge is 0.133 e. The summed E-state index contributed by atoms with van der Waals surface area (Å²) < 4.78 is 0. The Morgan fingerprint density at radius 2 is 2.11 bits per heavy atom. The molecule has 53 valence electrons. The molecule has 0 atom stereocenters. The molecule has 0 N–H and O–H groups in total. The molecule has 0 aliphatic carbocycles. The van der Waals surface area contributed by atoms with Gasteiger partial charge in [-0.05, 0) is 12.3 Å². The maximum absolute atomic E-state index is 10.8. The topological polar surface area (TPSA) is 17.1 Å². The molecule has 0 aliphatic heterocycles. The van der Waals surface area contributed by atoms with E-state index in [1.807, 2.05) is 13.3 Å². The van der Waals surface area contributed by atoms with Gasteiger partial charge in [0.2, 0.25) is 0 Å². The first kappa shape index (κ1) is 8.67. The van der Waals surface area contributed by atoms with Gasteiger partial charge in [-0.1, -0.05) is 20.8 Å².